The lowest BCUT2D eigenvalue weighted by molar-refractivity contribution is 0.503. The van der Waals surface area contributed by atoms with Gasteiger partial charge in [0.05, 0.1) is 13.1 Å². The highest BCUT2D eigenvalue weighted by Gasteiger charge is 2.25. The predicted molar refractivity (Wildman–Crippen MR) is 135 cm³/mol. The first-order valence-electron chi connectivity index (χ1n) is 11.5. The van der Waals surface area contributed by atoms with Crippen molar-refractivity contribution >= 4 is 0 Å². The van der Waals surface area contributed by atoms with Gasteiger partial charge in [0.2, 0.25) is 5.82 Å². The predicted octanol–water partition coefficient (Wildman–Crippen LogP) is 4.29. The first kappa shape index (κ1) is 22.5. The van der Waals surface area contributed by atoms with Crippen LogP contribution in [-0.4, -0.2) is 35.0 Å². The Balaban J connectivity index is 1.46. The number of tetrazole rings is 1. The third-order valence-electron chi connectivity index (χ3n) is 5.89. The van der Waals surface area contributed by atoms with Crippen LogP contribution < -0.4 is 5.69 Å². The van der Waals surface area contributed by atoms with Crippen LogP contribution in [0.1, 0.15) is 37.7 Å². The average Bonchev–Trinajstić information content (AvgIpc) is 3.50. The number of hydrogen-bond donors (Lipinski definition) is 1. The van der Waals surface area contributed by atoms with Gasteiger partial charge in [-0.15, -0.1) is 10.2 Å². The van der Waals surface area contributed by atoms with Crippen molar-refractivity contribution in [2.75, 3.05) is 0 Å². The summed E-state index contributed by atoms with van der Waals surface area (Å²) in [5.74, 6) is 1.32. The van der Waals surface area contributed by atoms with Gasteiger partial charge in [-0.3, -0.25) is 4.57 Å². The maximum absolute atomic E-state index is 13.4. The number of benzene rings is 3. The molecule has 5 aromatic rings. The number of nitrogens with one attached hydrogen (secondary N) is 1. The van der Waals surface area contributed by atoms with Gasteiger partial charge in [-0.2, -0.15) is 10.3 Å². The topological polar surface area (TPSA) is 94.3 Å². The number of aromatic nitrogens is 7. The molecule has 2 heterocycles. The molecule has 2 aromatic heterocycles. The summed E-state index contributed by atoms with van der Waals surface area (Å²) in [6.45, 7) is 7.14. The van der Waals surface area contributed by atoms with Crippen LogP contribution >= 0.6 is 0 Å². The standard InChI is InChI=1S/C27H27N7O/c1-27(2,3)25-30-34(18-19-9-5-4-6-10-19)26(35)33(25)17-20-13-15-21(16-14-20)22-11-7-8-12-23(22)24-28-31-32-29-24/h4-16H,17-18H2,1-3H3,(H,28,29,31,32). The number of hydrogen-bond acceptors (Lipinski definition) is 5. The molecule has 0 amide bonds. The first-order valence-corrected chi connectivity index (χ1v) is 11.5. The highest BCUT2D eigenvalue weighted by molar-refractivity contribution is 5.80. The number of aromatic amines is 1. The summed E-state index contributed by atoms with van der Waals surface area (Å²) >= 11 is 0. The molecule has 0 aliphatic carbocycles. The number of rotatable bonds is 6. The van der Waals surface area contributed by atoms with Crippen molar-refractivity contribution in [2.45, 2.75) is 39.3 Å². The second kappa shape index (κ2) is 9.13. The highest BCUT2D eigenvalue weighted by atomic mass is 16.2. The van der Waals surface area contributed by atoms with Crippen molar-refractivity contribution in [1.82, 2.24) is 35.0 Å². The molecule has 0 saturated heterocycles. The minimum atomic E-state index is -0.273. The molecule has 0 bridgehead atoms. The molecule has 3 aromatic carbocycles. The van der Waals surface area contributed by atoms with E-state index in [4.69, 9.17) is 5.10 Å². The van der Waals surface area contributed by atoms with Gasteiger partial charge in [-0.25, -0.2) is 9.48 Å². The maximum Gasteiger partial charge on any atom is 0.346 e. The van der Waals surface area contributed by atoms with Crippen molar-refractivity contribution in [3.63, 3.8) is 0 Å². The van der Waals surface area contributed by atoms with E-state index in [0.29, 0.717) is 18.9 Å². The summed E-state index contributed by atoms with van der Waals surface area (Å²) in [5.41, 5.74) is 4.65. The van der Waals surface area contributed by atoms with Crippen molar-refractivity contribution in [2.24, 2.45) is 0 Å². The van der Waals surface area contributed by atoms with Crippen LogP contribution in [-0.2, 0) is 18.5 Å². The molecule has 5 rings (SSSR count). The van der Waals surface area contributed by atoms with E-state index in [2.05, 4.69) is 65.7 Å². The zero-order chi connectivity index (χ0) is 24.4. The molecule has 0 saturated carbocycles. The molecule has 0 spiro atoms. The van der Waals surface area contributed by atoms with E-state index < -0.39 is 0 Å². The van der Waals surface area contributed by atoms with E-state index in [0.717, 1.165) is 33.6 Å². The van der Waals surface area contributed by atoms with Crippen LogP contribution in [0.15, 0.2) is 83.7 Å². The second-order valence-corrected chi connectivity index (χ2v) is 9.56. The summed E-state index contributed by atoms with van der Waals surface area (Å²) < 4.78 is 3.34. The molecule has 176 valence electrons. The Labute approximate surface area is 203 Å². The molecular weight excluding hydrogens is 438 g/mol. The van der Waals surface area contributed by atoms with E-state index in [1.165, 1.54) is 0 Å². The average molecular weight is 466 g/mol. The minimum Gasteiger partial charge on any atom is -0.274 e. The largest absolute Gasteiger partial charge is 0.346 e. The lowest BCUT2D eigenvalue weighted by Crippen LogP contribution is -2.28. The Morgan fingerprint density at radius 1 is 0.800 bits per heavy atom. The van der Waals surface area contributed by atoms with Crippen molar-refractivity contribution in [3.8, 4) is 22.5 Å². The first-order chi connectivity index (χ1) is 16.9. The summed E-state index contributed by atoms with van der Waals surface area (Å²) in [5, 5.41) is 19.2. The molecule has 35 heavy (non-hydrogen) atoms. The summed E-state index contributed by atoms with van der Waals surface area (Å²) in [7, 11) is 0. The van der Waals surface area contributed by atoms with Gasteiger partial charge >= 0.3 is 5.69 Å². The van der Waals surface area contributed by atoms with Gasteiger partial charge in [0.15, 0.2) is 0 Å². The van der Waals surface area contributed by atoms with E-state index >= 15 is 0 Å². The number of nitrogens with zero attached hydrogens (tertiary/aromatic N) is 6. The fourth-order valence-corrected chi connectivity index (χ4v) is 4.18. The third-order valence-corrected chi connectivity index (χ3v) is 5.89. The smallest absolute Gasteiger partial charge is 0.274 e. The monoisotopic (exact) mass is 465 g/mol. The Morgan fingerprint density at radius 3 is 2.11 bits per heavy atom. The zero-order valence-electron chi connectivity index (χ0n) is 20.0. The Hall–Kier alpha value is -4.33. The SMILES string of the molecule is CC(C)(C)c1nn(Cc2ccccc2)c(=O)n1Cc1ccc(-c2ccccc2-c2nn[nH]n2)cc1. The third kappa shape index (κ3) is 4.68. The molecule has 0 aliphatic heterocycles. The molecular formula is C27H27N7O. The van der Waals surface area contributed by atoms with Crippen LogP contribution in [0.25, 0.3) is 22.5 Å². The minimum absolute atomic E-state index is 0.106. The van der Waals surface area contributed by atoms with Gasteiger partial charge in [0.25, 0.3) is 0 Å². The second-order valence-electron chi connectivity index (χ2n) is 9.56. The van der Waals surface area contributed by atoms with Gasteiger partial charge in [-0.05, 0) is 27.5 Å². The summed E-state index contributed by atoms with van der Waals surface area (Å²) in [6, 6.07) is 26.1. The van der Waals surface area contributed by atoms with Crippen molar-refractivity contribution < 1.29 is 0 Å². The van der Waals surface area contributed by atoms with E-state index in [1.807, 2.05) is 54.6 Å². The summed E-state index contributed by atoms with van der Waals surface area (Å²) in [6.07, 6.45) is 0. The fourth-order valence-electron chi connectivity index (χ4n) is 4.18. The van der Waals surface area contributed by atoms with E-state index in [-0.39, 0.29) is 11.1 Å². The Kier molecular flexibility index (Phi) is 5.86. The van der Waals surface area contributed by atoms with E-state index in [9.17, 15) is 4.79 Å². The van der Waals surface area contributed by atoms with E-state index in [1.54, 1.807) is 9.25 Å². The zero-order valence-corrected chi connectivity index (χ0v) is 20.0. The van der Waals surface area contributed by atoms with Crippen LogP contribution in [0.4, 0.5) is 0 Å². The quantitative estimate of drug-likeness (QED) is 0.404. The Morgan fingerprint density at radius 2 is 1.46 bits per heavy atom. The normalized spacial score (nSPS) is 11.6. The molecule has 0 fully saturated rings. The van der Waals surface area contributed by atoms with Crippen LogP contribution in [0.2, 0.25) is 0 Å². The van der Waals surface area contributed by atoms with Crippen LogP contribution in [0.3, 0.4) is 0 Å². The highest BCUT2D eigenvalue weighted by Crippen LogP contribution is 2.30. The summed E-state index contributed by atoms with van der Waals surface area (Å²) in [4.78, 5) is 13.4. The fraction of sp³-hybridized carbons (Fsp3) is 0.222. The number of H-pyrrole nitrogens is 1. The molecule has 1 N–H and O–H groups in total. The molecule has 0 aliphatic rings. The Bertz CT molecular complexity index is 1480. The lowest BCUT2D eigenvalue weighted by atomic mass is 9.95. The van der Waals surface area contributed by atoms with Crippen LogP contribution in [0, 0.1) is 0 Å². The maximum atomic E-state index is 13.4. The molecule has 8 nitrogen and oxygen atoms in total. The lowest BCUT2D eigenvalue weighted by Gasteiger charge is -2.18. The van der Waals surface area contributed by atoms with Crippen LogP contribution in [0.5, 0.6) is 0 Å². The molecule has 0 radical (unpaired) electrons. The molecule has 8 heteroatoms. The van der Waals surface area contributed by atoms with Crippen molar-refractivity contribution in [1.29, 1.82) is 0 Å². The van der Waals surface area contributed by atoms with Gasteiger partial charge in [-0.1, -0.05) is 99.6 Å². The molecule has 0 unspecified atom stereocenters. The van der Waals surface area contributed by atoms with Gasteiger partial charge in [0.1, 0.15) is 5.82 Å². The van der Waals surface area contributed by atoms with Gasteiger partial charge in [0, 0.05) is 11.0 Å². The molecule has 0 atom stereocenters. The van der Waals surface area contributed by atoms with Crippen molar-refractivity contribution in [3.05, 3.63) is 106 Å². The van der Waals surface area contributed by atoms with Gasteiger partial charge < -0.3 is 0 Å².